The number of pyridine rings is 1. The van der Waals surface area contributed by atoms with Gasteiger partial charge in [0.2, 0.25) is 0 Å². The molecule has 0 saturated carbocycles. The molecule has 0 fully saturated rings. The first-order valence-electron chi connectivity index (χ1n) is 10.5. The maximum atomic E-state index is 12.4. The Balaban J connectivity index is 1.59. The van der Waals surface area contributed by atoms with Crippen LogP contribution in [0.5, 0.6) is 0 Å². The Morgan fingerprint density at radius 3 is 2.19 bits per heavy atom. The number of hydrogen-bond donors (Lipinski definition) is 4. The lowest BCUT2D eigenvalue weighted by Crippen LogP contribution is -2.19. The molecule has 0 aliphatic rings. The largest absolute Gasteiger partial charge is 0.383 e. The lowest BCUT2D eigenvalue weighted by Gasteiger charge is -2.19. The van der Waals surface area contributed by atoms with Crippen molar-refractivity contribution in [2.24, 2.45) is 0 Å². The Morgan fingerprint density at radius 2 is 1.56 bits per heavy atom. The van der Waals surface area contributed by atoms with Crippen LogP contribution in [0.3, 0.4) is 0 Å². The Labute approximate surface area is 187 Å². The van der Waals surface area contributed by atoms with Gasteiger partial charge in [0, 0.05) is 22.5 Å². The summed E-state index contributed by atoms with van der Waals surface area (Å²) in [4.78, 5) is 17.1. The number of carbonyl (C=O) groups excluding carboxylic acids is 1. The van der Waals surface area contributed by atoms with E-state index in [1.165, 1.54) is 0 Å². The molecule has 2 amide bonds. The van der Waals surface area contributed by atoms with Gasteiger partial charge in [0.05, 0.1) is 5.39 Å². The highest BCUT2D eigenvalue weighted by atomic mass is 16.2. The quantitative estimate of drug-likeness (QED) is 0.332. The van der Waals surface area contributed by atoms with Gasteiger partial charge in [-0.1, -0.05) is 39.0 Å². The number of fused-ring (bicyclic) bond motifs is 1. The van der Waals surface area contributed by atoms with E-state index in [9.17, 15) is 4.79 Å². The predicted molar refractivity (Wildman–Crippen MR) is 131 cm³/mol. The second kappa shape index (κ2) is 8.00. The minimum atomic E-state index is -0.289. The van der Waals surface area contributed by atoms with E-state index < -0.39 is 0 Å². The topological polar surface area (TPSA) is 109 Å². The Bertz CT molecular complexity index is 1280. The third-order valence-corrected chi connectivity index (χ3v) is 5.25. The molecule has 2 heterocycles. The molecule has 0 bridgehead atoms. The molecule has 164 valence electrons. The van der Waals surface area contributed by atoms with Gasteiger partial charge >= 0.3 is 6.03 Å². The van der Waals surface area contributed by atoms with E-state index in [-0.39, 0.29) is 11.4 Å². The summed E-state index contributed by atoms with van der Waals surface area (Å²) in [7, 11) is 0. The summed E-state index contributed by atoms with van der Waals surface area (Å²) in [5.41, 5.74) is 13.1. The van der Waals surface area contributed by atoms with E-state index in [0.29, 0.717) is 17.2 Å². The Hall–Kier alpha value is -3.87. The van der Waals surface area contributed by atoms with Crippen LogP contribution in [0.15, 0.2) is 48.5 Å². The highest BCUT2D eigenvalue weighted by Gasteiger charge is 2.21. The molecule has 32 heavy (non-hydrogen) atoms. The van der Waals surface area contributed by atoms with Crippen LogP contribution < -0.4 is 16.4 Å². The van der Waals surface area contributed by atoms with E-state index in [1.807, 2.05) is 50.2 Å². The molecule has 0 unspecified atom stereocenters. The summed E-state index contributed by atoms with van der Waals surface area (Å²) < 4.78 is 0. The number of nitrogens with two attached hydrogens (primary N) is 1. The molecule has 7 nitrogen and oxygen atoms in total. The van der Waals surface area contributed by atoms with Crippen molar-refractivity contribution in [3.05, 3.63) is 65.4 Å². The van der Waals surface area contributed by atoms with Crippen molar-refractivity contribution in [2.75, 3.05) is 16.4 Å². The normalized spacial score (nSPS) is 11.5. The first-order valence-corrected chi connectivity index (χ1v) is 10.5. The molecule has 4 rings (SSSR count). The molecule has 0 radical (unpaired) electrons. The molecule has 4 aromatic rings. The Kier molecular flexibility index (Phi) is 5.34. The molecule has 7 heteroatoms. The van der Waals surface area contributed by atoms with Gasteiger partial charge in [-0.2, -0.15) is 5.10 Å². The monoisotopic (exact) mass is 428 g/mol. The number of nitrogens with one attached hydrogen (secondary N) is 3. The average molecular weight is 429 g/mol. The van der Waals surface area contributed by atoms with Gasteiger partial charge < -0.3 is 16.4 Å². The van der Waals surface area contributed by atoms with Crippen LogP contribution in [0.2, 0.25) is 0 Å². The number of benzene rings is 2. The summed E-state index contributed by atoms with van der Waals surface area (Å²) in [5.74, 6) is 0.484. The van der Waals surface area contributed by atoms with Gasteiger partial charge in [0.15, 0.2) is 5.65 Å². The van der Waals surface area contributed by atoms with Crippen molar-refractivity contribution in [1.82, 2.24) is 15.2 Å². The minimum Gasteiger partial charge on any atom is -0.383 e. The number of amides is 2. The molecule has 0 aliphatic carbocycles. The number of H-pyrrole nitrogens is 1. The molecule has 2 aromatic heterocycles. The van der Waals surface area contributed by atoms with Crippen LogP contribution in [0, 0.1) is 13.8 Å². The number of aromatic nitrogens is 3. The number of anilines is 3. The molecular weight excluding hydrogens is 400 g/mol. The van der Waals surface area contributed by atoms with Crippen LogP contribution in [-0.2, 0) is 5.41 Å². The first kappa shape index (κ1) is 21.4. The lowest BCUT2D eigenvalue weighted by atomic mass is 9.89. The van der Waals surface area contributed by atoms with Crippen LogP contribution in [-0.4, -0.2) is 21.2 Å². The number of urea groups is 1. The molecule has 5 N–H and O–H groups in total. The number of nitrogens with zero attached hydrogens (tertiary/aromatic N) is 2. The third-order valence-electron chi connectivity index (χ3n) is 5.25. The zero-order valence-electron chi connectivity index (χ0n) is 19.0. The maximum Gasteiger partial charge on any atom is 0.323 e. The summed E-state index contributed by atoms with van der Waals surface area (Å²) in [6.07, 6.45) is 0. The van der Waals surface area contributed by atoms with Gasteiger partial charge in [-0.15, -0.1) is 0 Å². The van der Waals surface area contributed by atoms with Crippen molar-refractivity contribution >= 4 is 34.3 Å². The number of rotatable bonds is 3. The zero-order valence-corrected chi connectivity index (χ0v) is 19.0. The van der Waals surface area contributed by atoms with E-state index in [1.54, 1.807) is 0 Å². The number of nitrogen functional groups attached to an aromatic ring is 1. The van der Waals surface area contributed by atoms with Gasteiger partial charge in [0.25, 0.3) is 0 Å². The molecule has 0 atom stereocenters. The van der Waals surface area contributed by atoms with E-state index >= 15 is 0 Å². The lowest BCUT2D eigenvalue weighted by molar-refractivity contribution is 0.262. The highest BCUT2D eigenvalue weighted by molar-refractivity contribution is 6.02. The number of aromatic amines is 1. The number of hydrogen-bond acceptors (Lipinski definition) is 4. The van der Waals surface area contributed by atoms with E-state index in [4.69, 9.17) is 5.73 Å². The van der Waals surface area contributed by atoms with Crippen molar-refractivity contribution in [3.8, 4) is 11.1 Å². The summed E-state index contributed by atoms with van der Waals surface area (Å²) in [6, 6.07) is 15.4. The minimum absolute atomic E-state index is 0.135. The number of carbonyl (C=O) groups is 1. The van der Waals surface area contributed by atoms with E-state index in [2.05, 4.69) is 58.7 Å². The maximum absolute atomic E-state index is 12.4. The van der Waals surface area contributed by atoms with Crippen molar-refractivity contribution < 1.29 is 4.79 Å². The van der Waals surface area contributed by atoms with E-state index in [0.717, 1.165) is 39.0 Å². The molecule has 0 spiro atoms. The van der Waals surface area contributed by atoms with Gasteiger partial charge in [-0.05, 0) is 66.4 Å². The molecule has 2 aromatic carbocycles. The van der Waals surface area contributed by atoms with Gasteiger partial charge in [-0.25, -0.2) is 9.78 Å². The van der Waals surface area contributed by atoms with Gasteiger partial charge in [0.1, 0.15) is 5.82 Å². The predicted octanol–water partition coefficient (Wildman–Crippen LogP) is 5.77. The van der Waals surface area contributed by atoms with Crippen LogP contribution in [0.25, 0.3) is 22.2 Å². The zero-order chi connectivity index (χ0) is 23.0. The molecule has 0 aliphatic heterocycles. The summed E-state index contributed by atoms with van der Waals surface area (Å²) >= 11 is 0. The van der Waals surface area contributed by atoms with Crippen molar-refractivity contribution in [1.29, 1.82) is 0 Å². The van der Waals surface area contributed by atoms with Gasteiger partial charge in [-0.3, -0.25) is 5.10 Å². The summed E-state index contributed by atoms with van der Waals surface area (Å²) in [5, 5.41) is 13.7. The molecular formula is C25H28N6O. The first-order chi connectivity index (χ1) is 15.1. The fourth-order valence-electron chi connectivity index (χ4n) is 3.73. The average Bonchev–Trinajstić information content (AvgIpc) is 3.07. The fourth-order valence-corrected chi connectivity index (χ4v) is 3.73. The standard InChI is InChI=1S/C25H28N6O/c1-14-10-15(2)12-18(11-14)28-24(32)27-17-8-6-16(7-9-17)19-13-20(25(3,4)5)29-23-21(19)22(26)30-31-23/h6-13H,1-5H3,(H2,27,28,32)(H3,26,29,30,31). The smallest absolute Gasteiger partial charge is 0.323 e. The van der Waals surface area contributed by atoms with Crippen molar-refractivity contribution in [3.63, 3.8) is 0 Å². The number of aryl methyl sites for hydroxylation is 2. The van der Waals surface area contributed by atoms with Crippen LogP contribution in [0.1, 0.15) is 37.6 Å². The fraction of sp³-hybridized carbons (Fsp3) is 0.240. The SMILES string of the molecule is Cc1cc(C)cc(NC(=O)Nc2ccc(-c3cc(C(C)(C)C)nc4n[nH]c(N)c34)cc2)c1. The third kappa shape index (κ3) is 4.42. The summed E-state index contributed by atoms with van der Waals surface area (Å²) in [6.45, 7) is 10.3. The second-order valence-corrected chi connectivity index (χ2v) is 9.17. The Morgan fingerprint density at radius 1 is 0.938 bits per heavy atom. The highest BCUT2D eigenvalue weighted by Crippen LogP contribution is 2.34. The van der Waals surface area contributed by atoms with Crippen LogP contribution in [0.4, 0.5) is 22.0 Å². The second-order valence-electron chi connectivity index (χ2n) is 9.17. The molecule has 0 saturated heterocycles. The van der Waals surface area contributed by atoms with Crippen LogP contribution >= 0.6 is 0 Å². The van der Waals surface area contributed by atoms with Crippen molar-refractivity contribution in [2.45, 2.75) is 40.0 Å².